The van der Waals surface area contributed by atoms with Crippen LogP contribution in [0.4, 0.5) is 5.95 Å². The van der Waals surface area contributed by atoms with Gasteiger partial charge in [-0.1, -0.05) is 22.0 Å². The molecule has 3 N–H and O–H groups in total. The predicted octanol–water partition coefficient (Wildman–Crippen LogP) is -0.157. The third-order valence-electron chi connectivity index (χ3n) is 1.72. The van der Waals surface area contributed by atoms with E-state index in [-0.39, 0.29) is 11.7 Å². The van der Waals surface area contributed by atoms with E-state index in [1.54, 1.807) is 24.3 Å². The highest BCUT2D eigenvalue weighted by Gasteiger charge is 1.98. The van der Waals surface area contributed by atoms with Gasteiger partial charge in [0.15, 0.2) is 0 Å². The van der Waals surface area contributed by atoms with Crippen molar-refractivity contribution in [1.29, 1.82) is 0 Å². The van der Waals surface area contributed by atoms with E-state index in [0.717, 1.165) is 4.79 Å². The Bertz CT molecular complexity index is 491. The summed E-state index contributed by atoms with van der Waals surface area (Å²) in [5.41, 5.74) is 5.96. The quantitative estimate of drug-likeness (QED) is 0.662. The average molecular weight is 204 g/mol. The second-order valence-corrected chi connectivity index (χ2v) is 2.73. The Morgan fingerprint density at radius 2 is 2.20 bits per heavy atom. The second kappa shape index (κ2) is 3.74. The molecule has 0 aliphatic rings. The molecule has 1 heterocycles. The summed E-state index contributed by atoms with van der Waals surface area (Å²) in [5, 5.41) is 23.6. The van der Waals surface area contributed by atoms with E-state index in [9.17, 15) is 5.11 Å². The Balaban J connectivity index is 2.26. The number of aromatic hydroxyl groups is 1. The first kappa shape index (κ1) is 9.13. The number of nitrogens with zero attached hydrogens (tertiary/aromatic N) is 5. The van der Waals surface area contributed by atoms with Gasteiger partial charge in [0.2, 0.25) is 0 Å². The third-order valence-corrected chi connectivity index (χ3v) is 1.72. The van der Waals surface area contributed by atoms with Crippen LogP contribution in [0.15, 0.2) is 29.4 Å². The highest BCUT2D eigenvalue weighted by molar-refractivity contribution is 5.83. The lowest BCUT2D eigenvalue weighted by atomic mass is 10.2. The number of benzene rings is 1. The molecule has 0 aliphatic carbocycles. The summed E-state index contributed by atoms with van der Waals surface area (Å²) < 4.78 is 0. The summed E-state index contributed by atoms with van der Waals surface area (Å²) in [4.78, 5) is 1.06. The van der Waals surface area contributed by atoms with E-state index in [1.807, 2.05) is 0 Å². The summed E-state index contributed by atoms with van der Waals surface area (Å²) in [7, 11) is 0. The fraction of sp³-hybridized carbons (Fsp3) is 0. The smallest absolute Gasteiger partial charge is 0.263 e. The lowest BCUT2D eigenvalue weighted by Gasteiger charge is -1.96. The Labute approximate surface area is 84.8 Å². The van der Waals surface area contributed by atoms with Gasteiger partial charge < -0.3 is 10.8 Å². The largest absolute Gasteiger partial charge is 0.507 e. The molecule has 0 atom stereocenters. The molecule has 0 spiro atoms. The lowest BCUT2D eigenvalue weighted by molar-refractivity contribution is 0.474. The SMILES string of the molecule is Nc1nnnn1/N=C\c1ccccc1O. The normalized spacial score (nSPS) is 10.9. The number of rotatable bonds is 2. The van der Waals surface area contributed by atoms with Crippen LogP contribution < -0.4 is 5.73 Å². The van der Waals surface area contributed by atoms with Gasteiger partial charge in [-0.3, -0.25) is 0 Å². The van der Waals surface area contributed by atoms with Crippen LogP contribution in [-0.2, 0) is 0 Å². The molecule has 2 rings (SSSR count). The van der Waals surface area contributed by atoms with Crippen molar-refractivity contribution >= 4 is 12.2 Å². The number of anilines is 1. The molecule has 76 valence electrons. The van der Waals surface area contributed by atoms with E-state index in [1.165, 1.54) is 6.21 Å². The number of nitrogen functional groups attached to an aromatic ring is 1. The Morgan fingerprint density at radius 3 is 2.87 bits per heavy atom. The van der Waals surface area contributed by atoms with Crippen molar-refractivity contribution in [3.8, 4) is 5.75 Å². The zero-order valence-electron chi connectivity index (χ0n) is 7.65. The summed E-state index contributed by atoms with van der Waals surface area (Å²) in [6.45, 7) is 0. The van der Waals surface area contributed by atoms with Crippen LogP contribution >= 0.6 is 0 Å². The highest BCUT2D eigenvalue weighted by Crippen LogP contribution is 2.12. The molecule has 7 heteroatoms. The second-order valence-electron chi connectivity index (χ2n) is 2.73. The van der Waals surface area contributed by atoms with Crippen molar-refractivity contribution < 1.29 is 5.11 Å². The first-order valence-electron chi connectivity index (χ1n) is 4.13. The van der Waals surface area contributed by atoms with Crippen molar-refractivity contribution in [3.05, 3.63) is 29.8 Å². The maximum absolute atomic E-state index is 9.43. The Hall–Kier alpha value is -2.44. The molecule has 1 aromatic heterocycles. The number of phenolic OH excluding ortho intramolecular Hbond substituents is 1. The fourth-order valence-electron chi connectivity index (χ4n) is 0.985. The van der Waals surface area contributed by atoms with Crippen LogP contribution in [0.1, 0.15) is 5.56 Å². The van der Waals surface area contributed by atoms with Crippen LogP contribution in [0.2, 0.25) is 0 Å². The summed E-state index contributed by atoms with van der Waals surface area (Å²) in [5.74, 6) is 0.217. The van der Waals surface area contributed by atoms with Gasteiger partial charge in [-0.05, 0) is 22.6 Å². The van der Waals surface area contributed by atoms with Gasteiger partial charge in [-0.15, -0.1) is 0 Å². The zero-order chi connectivity index (χ0) is 10.7. The maximum atomic E-state index is 9.43. The molecule has 0 saturated heterocycles. The molecule has 0 unspecified atom stereocenters. The predicted molar refractivity (Wildman–Crippen MR) is 53.3 cm³/mol. The minimum absolute atomic E-state index is 0.0849. The van der Waals surface area contributed by atoms with Crippen molar-refractivity contribution in [2.75, 3.05) is 5.73 Å². The van der Waals surface area contributed by atoms with Crippen molar-refractivity contribution in [3.63, 3.8) is 0 Å². The average Bonchev–Trinajstić information content (AvgIpc) is 2.63. The molecule has 0 bridgehead atoms. The van der Waals surface area contributed by atoms with E-state index in [4.69, 9.17) is 5.73 Å². The van der Waals surface area contributed by atoms with Gasteiger partial charge in [-0.25, -0.2) is 0 Å². The number of hydrogen-bond acceptors (Lipinski definition) is 6. The molecule has 15 heavy (non-hydrogen) atoms. The molecule has 0 radical (unpaired) electrons. The lowest BCUT2D eigenvalue weighted by Crippen LogP contribution is -1.99. The number of nitrogens with two attached hydrogens (primary N) is 1. The number of phenols is 1. The number of hydrogen-bond donors (Lipinski definition) is 2. The first-order valence-corrected chi connectivity index (χ1v) is 4.13. The van der Waals surface area contributed by atoms with Crippen molar-refractivity contribution in [2.45, 2.75) is 0 Å². The van der Waals surface area contributed by atoms with Crippen LogP contribution in [0.3, 0.4) is 0 Å². The monoisotopic (exact) mass is 204 g/mol. The van der Waals surface area contributed by atoms with Crippen LogP contribution in [0, 0.1) is 0 Å². The third kappa shape index (κ3) is 1.90. The van der Waals surface area contributed by atoms with E-state index in [0.29, 0.717) is 5.56 Å². The summed E-state index contributed by atoms with van der Waals surface area (Å²) in [6, 6.07) is 6.77. The Kier molecular flexibility index (Phi) is 2.28. The number of aromatic nitrogens is 4. The molecule has 0 aliphatic heterocycles. The van der Waals surface area contributed by atoms with Crippen LogP contribution in [0.25, 0.3) is 0 Å². The van der Waals surface area contributed by atoms with E-state index < -0.39 is 0 Å². The number of tetrazole rings is 1. The van der Waals surface area contributed by atoms with Gasteiger partial charge in [0.1, 0.15) is 5.75 Å². The molecule has 1 aromatic carbocycles. The summed E-state index contributed by atoms with van der Waals surface area (Å²) >= 11 is 0. The van der Waals surface area contributed by atoms with Gasteiger partial charge in [0.25, 0.3) is 5.95 Å². The van der Waals surface area contributed by atoms with Gasteiger partial charge in [-0.2, -0.15) is 5.10 Å². The maximum Gasteiger partial charge on any atom is 0.263 e. The molecule has 0 fully saturated rings. The van der Waals surface area contributed by atoms with Gasteiger partial charge >= 0.3 is 0 Å². The molecule has 0 amide bonds. The fourth-order valence-corrected chi connectivity index (χ4v) is 0.985. The van der Waals surface area contributed by atoms with Crippen LogP contribution in [-0.4, -0.2) is 31.6 Å². The minimum atomic E-state index is 0.0849. The summed E-state index contributed by atoms with van der Waals surface area (Å²) in [6.07, 6.45) is 1.42. The van der Waals surface area contributed by atoms with Crippen molar-refractivity contribution in [2.24, 2.45) is 5.10 Å². The molecule has 7 nitrogen and oxygen atoms in total. The first-order chi connectivity index (χ1) is 7.27. The zero-order valence-corrected chi connectivity index (χ0v) is 7.65. The molecular formula is C8H8N6O. The van der Waals surface area contributed by atoms with Crippen LogP contribution in [0.5, 0.6) is 5.75 Å². The molecule has 2 aromatic rings. The minimum Gasteiger partial charge on any atom is -0.507 e. The highest BCUT2D eigenvalue weighted by atomic mass is 16.3. The molecule has 0 saturated carbocycles. The Morgan fingerprint density at radius 1 is 1.40 bits per heavy atom. The number of para-hydroxylation sites is 1. The van der Waals surface area contributed by atoms with Gasteiger partial charge in [0, 0.05) is 5.56 Å². The van der Waals surface area contributed by atoms with E-state index >= 15 is 0 Å². The van der Waals surface area contributed by atoms with Crippen molar-refractivity contribution in [1.82, 2.24) is 20.3 Å². The topological polar surface area (TPSA) is 102 Å². The molecular weight excluding hydrogens is 196 g/mol. The van der Waals surface area contributed by atoms with E-state index in [2.05, 4.69) is 20.6 Å². The standard InChI is InChI=1S/C8H8N6O/c9-8-11-12-13-14(8)10-5-6-3-1-2-4-7(6)15/h1-5,15H,(H2,9,11,13)/b10-5-. The van der Waals surface area contributed by atoms with Gasteiger partial charge in [0.05, 0.1) is 6.21 Å².